The fourth-order valence-corrected chi connectivity index (χ4v) is 4.95. The van der Waals surface area contributed by atoms with Gasteiger partial charge in [0.15, 0.2) is 6.10 Å². The van der Waals surface area contributed by atoms with Crippen molar-refractivity contribution in [3.8, 4) is 5.75 Å². The molecular weight excluding hydrogens is 418 g/mol. The van der Waals surface area contributed by atoms with E-state index < -0.39 is 17.3 Å². The quantitative estimate of drug-likeness (QED) is 0.295. The lowest BCUT2D eigenvalue weighted by molar-refractivity contribution is -0.150. The molecule has 156 valence electrons. The van der Waals surface area contributed by atoms with Gasteiger partial charge in [-0.25, -0.2) is 4.79 Å². The third-order valence-electron chi connectivity index (χ3n) is 4.39. The van der Waals surface area contributed by atoms with Crippen molar-refractivity contribution >= 4 is 35.2 Å². The van der Waals surface area contributed by atoms with E-state index in [1.807, 2.05) is 60.7 Å². The molecule has 0 radical (unpaired) electrons. The van der Waals surface area contributed by atoms with E-state index in [1.165, 1.54) is 18.9 Å². The van der Waals surface area contributed by atoms with Crippen molar-refractivity contribution in [2.75, 3.05) is 20.0 Å². The van der Waals surface area contributed by atoms with Gasteiger partial charge in [-0.15, -0.1) is 11.8 Å². The van der Waals surface area contributed by atoms with Crippen molar-refractivity contribution in [1.29, 1.82) is 0 Å². The maximum Gasteiger partial charge on any atom is 0.336 e. The molecule has 30 heavy (non-hydrogen) atoms. The highest BCUT2D eigenvalue weighted by molar-refractivity contribution is 8.00. The van der Waals surface area contributed by atoms with Crippen LogP contribution in [0.25, 0.3) is 0 Å². The molecule has 0 spiro atoms. The number of carbonyl (C=O) groups excluding carboxylic acids is 1. The van der Waals surface area contributed by atoms with Gasteiger partial charge in [-0.3, -0.25) is 0 Å². The SMILES string of the molecule is COC(=O)C(O)C(Sc1cc(Sc2ccccc2)ccc1N)c1ccc(OC)cc1. The summed E-state index contributed by atoms with van der Waals surface area (Å²) in [7, 11) is 2.84. The Bertz CT molecular complexity index is 980. The molecular formula is C23H23NO4S2. The smallest absolute Gasteiger partial charge is 0.336 e. The molecule has 0 saturated heterocycles. The van der Waals surface area contributed by atoms with E-state index in [9.17, 15) is 9.90 Å². The number of nitrogen functional groups attached to an aromatic ring is 1. The molecule has 2 atom stereocenters. The molecule has 2 unspecified atom stereocenters. The van der Waals surface area contributed by atoms with E-state index in [2.05, 4.69) is 0 Å². The highest BCUT2D eigenvalue weighted by Gasteiger charge is 2.30. The molecule has 0 aliphatic rings. The van der Waals surface area contributed by atoms with Crippen LogP contribution < -0.4 is 10.5 Å². The van der Waals surface area contributed by atoms with Crippen molar-refractivity contribution in [1.82, 2.24) is 0 Å². The first-order chi connectivity index (χ1) is 14.5. The number of anilines is 1. The number of aliphatic hydroxyl groups is 1. The molecule has 7 heteroatoms. The summed E-state index contributed by atoms with van der Waals surface area (Å²) < 4.78 is 9.97. The number of thioether (sulfide) groups is 1. The van der Waals surface area contributed by atoms with Crippen molar-refractivity contribution in [2.45, 2.75) is 26.0 Å². The van der Waals surface area contributed by atoms with E-state index in [0.717, 1.165) is 20.2 Å². The highest BCUT2D eigenvalue weighted by Crippen LogP contribution is 2.43. The Hall–Kier alpha value is -2.61. The van der Waals surface area contributed by atoms with Gasteiger partial charge in [0.25, 0.3) is 0 Å². The molecule has 0 aliphatic heterocycles. The second-order valence-corrected chi connectivity index (χ2v) is 8.72. The van der Waals surface area contributed by atoms with Crippen LogP contribution in [-0.4, -0.2) is 31.4 Å². The third kappa shape index (κ3) is 5.50. The molecule has 3 N–H and O–H groups in total. The van der Waals surface area contributed by atoms with Gasteiger partial charge in [-0.1, -0.05) is 42.1 Å². The Morgan fingerprint density at radius 1 is 0.967 bits per heavy atom. The van der Waals surface area contributed by atoms with Gasteiger partial charge in [0.05, 0.1) is 19.5 Å². The number of nitrogens with two attached hydrogens (primary N) is 1. The predicted molar refractivity (Wildman–Crippen MR) is 121 cm³/mol. The molecule has 0 saturated carbocycles. The minimum absolute atomic E-state index is 0.577. The second-order valence-electron chi connectivity index (χ2n) is 6.39. The zero-order chi connectivity index (χ0) is 21.5. The van der Waals surface area contributed by atoms with E-state index in [-0.39, 0.29) is 0 Å². The Balaban J connectivity index is 1.90. The number of esters is 1. The monoisotopic (exact) mass is 441 g/mol. The summed E-state index contributed by atoms with van der Waals surface area (Å²) >= 11 is 2.95. The van der Waals surface area contributed by atoms with E-state index in [0.29, 0.717) is 11.4 Å². The minimum atomic E-state index is -1.35. The minimum Gasteiger partial charge on any atom is -0.497 e. The van der Waals surface area contributed by atoms with Crippen LogP contribution in [0.2, 0.25) is 0 Å². The number of rotatable bonds is 8. The summed E-state index contributed by atoms with van der Waals surface area (Å²) in [5, 5.41) is 10.0. The largest absolute Gasteiger partial charge is 0.497 e. The van der Waals surface area contributed by atoms with Crippen LogP contribution in [0.3, 0.4) is 0 Å². The summed E-state index contributed by atoms with van der Waals surface area (Å²) in [6.07, 6.45) is -1.35. The molecule has 0 heterocycles. The lowest BCUT2D eigenvalue weighted by atomic mass is 10.1. The predicted octanol–water partition coefficient (Wildman–Crippen LogP) is 4.80. The van der Waals surface area contributed by atoms with Gasteiger partial charge in [-0.2, -0.15) is 0 Å². The summed E-state index contributed by atoms with van der Waals surface area (Å²) in [6, 6.07) is 23.0. The van der Waals surface area contributed by atoms with Gasteiger partial charge >= 0.3 is 5.97 Å². The van der Waals surface area contributed by atoms with Gasteiger partial charge in [0.2, 0.25) is 0 Å². The van der Waals surface area contributed by atoms with Crippen molar-refractivity contribution < 1.29 is 19.4 Å². The third-order valence-corrected chi connectivity index (χ3v) is 6.78. The summed E-state index contributed by atoms with van der Waals surface area (Å²) in [6.45, 7) is 0. The Kier molecular flexibility index (Phi) is 7.68. The van der Waals surface area contributed by atoms with Crippen molar-refractivity contribution in [3.63, 3.8) is 0 Å². The second kappa shape index (κ2) is 10.4. The lowest BCUT2D eigenvalue weighted by Gasteiger charge is -2.22. The van der Waals surface area contributed by atoms with Gasteiger partial charge in [0, 0.05) is 20.4 Å². The highest BCUT2D eigenvalue weighted by atomic mass is 32.2. The number of methoxy groups -OCH3 is 2. The van der Waals surface area contributed by atoms with Crippen LogP contribution >= 0.6 is 23.5 Å². The van der Waals surface area contributed by atoms with Crippen LogP contribution in [0.1, 0.15) is 10.8 Å². The van der Waals surface area contributed by atoms with Crippen LogP contribution in [0.4, 0.5) is 5.69 Å². The lowest BCUT2D eigenvalue weighted by Crippen LogP contribution is -2.27. The standard InChI is InChI=1S/C23H23NO4S2/c1-27-16-10-8-15(9-11-16)22(21(25)23(26)28-2)30-20-14-18(12-13-19(20)24)29-17-6-4-3-5-7-17/h3-14,21-22,25H,24H2,1-2H3. The molecule has 0 amide bonds. The van der Waals surface area contributed by atoms with E-state index >= 15 is 0 Å². The van der Waals surface area contributed by atoms with Gasteiger partial charge in [-0.05, 0) is 48.0 Å². The molecule has 3 aromatic rings. The van der Waals surface area contributed by atoms with Crippen LogP contribution in [0.15, 0.2) is 87.5 Å². The first kappa shape index (κ1) is 22.1. The molecule has 0 aromatic heterocycles. The normalized spacial score (nSPS) is 12.8. The first-order valence-corrected chi connectivity index (χ1v) is 10.9. The number of ether oxygens (including phenoxy) is 2. The zero-order valence-corrected chi connectivity index (χ0v) is 18.3. The first-order valence-electron chi connectivity index (χ1n) is 9.20. The summed E-state index contributed by atoms with van der Waals surface area (Å²) in [5.41, 5.74) is 7.56. The van der Waals surface area contributed by atoms with Crippen LogP contribution in [0.5, 0.6) is 5.75 Å². The topological polar surface area (TPSA) is 81.8 Å². The van der Waals surface area contributed by atoms with Crippen molar-refractivity contribution in [3.05, 3.63) is 78.4 Å². The molecule has 0 fully saturated rings. The molecule has 5 nitrogen and oxygen atoms in total. The zero-order valence-electron chi connectivity index (χ0n) is 16.6. The molecule has 3 rings (SSSR count). The molecule has 3 aromatic carbocycles. The van der Waals surface area contributed by atoms with E-state index in [4.69, 9.17) is 15.2 Å². The number of hydrogen-bond donors (Lipinski definition) is 2. The number of carbonyl (C=O) groups is 1. The number of aliphatic hydroxyl groups excluding tert-OH is 1. The van der Waals surface area contributed by atoms with Crippen molar-refractivity contribution in [2.24, 2.45) is 0 Å². The maximum atomic E-state index is 12.1. The molecule has 0 bridgehead atoms. The maximum absolute atomic E-state index is 12.1. The fourth-order valence-electron chi connectivity index (χ4n) is 2.79. The van der Waals surface area contributed by atoms with Crippen LogP contribution in [0, 0.1) is 0 Å². The Morgan fingerprint density at radius 3 is 2.30 bits per heavy atom. The average molecular weight is 442 g/mol. The molecule has 0 aliphatic carbocycles. The number of benzene rings is 3. The average Bonchev–Trinajstić information content (AvgIpc) is 2.79. The summed E-state index contributed by atoms with van der Waals surface area (Å²) in [5.74, 6) is -0.00691. The number of hydrogen-bond acceptors (Lipinski definition) is 7. The Morgan fingerprint density at radius 2 is 1.67 bits per heavy atom. The van der Waals surface area contributed by atoms with Crippen LogP contribution in [-0.2, 0) is 9.53 Å². The van der Waals surface area contributed by atoms with Gasteiger partial charge in [0.1, 0.15) is 5.75 Å². The van der Waals surface area contributed by atoms with Gasteiger partial charge < -0.3 is 20.3 Å². The Labute approximate surface area is 184 Å². The fraction of sp³-hybridized carbons (Fsp3) is 0.174. The van der Waals surface area contributed by atoms with E-state index in [1.54, 1.807) is 31.0 Å². The summed E-state index contributed by atoms with van der Waals surface area (Å²) in [4.78, 5) is 15.0.